The second-order valence-electron chi connectivity index (χ2n) is 7.07. The van der Waals surface area contributed by atoms with Crippen LogP contribution < -0.4 is 4.90 Å². The highest BCUT2D eigenvalue weighted by atomic mass is 16.3. The van der Waals surface area contributed by atoms with Crippen molar-refractivity contribution in [1.29, 1.82) is 0 Å². The van der Waals surface area contributed by atoms with Crippen molar-refractivity contribution in [3.63, 3.8) is 0 Å². The zero-order valence-corrected chi connectivity index (χ0v) is 15.0. The first-order valence-electron chi connectivity index (χ1n) is 8.97. The van der Waals surface area contributed by atoms with Crippen molar-refractivity contribution in [2.45, 2.75) is 39.3 Å². The summed E-state index contributed by atoms with van der Waals surface area (Å²) in [5, 5.41) is 9.87. The lowest BCUT2D eigenvalue weighted by atomic mass is 10.1. The van der Waals surface area contributed by atoms with Crippen LogP contribution in [-0.2, 0) is 6.54 Å². The van der Waals surface area contributed by atoms with Crippen molar-refractivity contribution < 1.29 is 4.42 Å². The zero-order valence-electron chi connectivity index (χ0n) is 15.0. The molecule has 4 heterocycles. The second kappa shape index (κ2) is 5.52. The summed E-state index contributed by atoms with van der Waals surface area (Å²) < 4.78 is 8.35. The molecule has 0 unspecified atom stereocenters. The van der Waals surface area contributed by atoms with Crippen molar-refractivity contribution in [3.05, 3.63) is 42.2 Å². The third kappa shape index (κ3) is 2.06. The highest BCUT2D eigenvalue weighted by Gasteiger charge is 2.31. The van der Waals surface area contributed by atoms with Crippen molar-refractivity contribution in [2.75, 3.05) is 11.4 Å². The Morgan fingerprint density at radius 2 is 1.96 bits per heavy atom. The molecule has 7 heteroatoms. The van der Waals surface area contributed by atoms with Gasteiger partial charge in [-0.15, -0.1) is 10.2 Å². The molecular formula is C19H20N6O. The number of hydrogen-bond donors (Lipinski definition) is 0. The van der Waals surface area contributed by atoms with E-state index < -0.39 is 0 Å². The zero-order chi connectivity index (χ0) is 17.8. The van der Waals surface area contributed by atoms with Gasteiger partial charge in [0.1, 0.15) is 23.3 Å². The minimum atomic E-state index is 0.0649. The van der Waals surface area contributed by atoms with E-state index in [1.165, 1.54) is 0 Å². The molecule has 0 bridgehead atoms. The van der Waals surface area contributed by atoms with Gasteiger partial charge in [0.2, 0.25) is 0 Å². The average molecular weight is 348 g/mol. The first kappa shape index (κ1) is 15.3. The first-order chi connectivity index (χ1) is 12.6. The van der Waals surface area contributed by atoms with E-state index in [1.807, 2.05) is 24.3 Å². The lowest BCUT2D eigenvalue weighted by Gasteiger charge is -2.34. The lowest BCUT2D eigenvalue weighted by molar-refractivity contribution is 0.475. The van der Waals surface area contributed by atoms with Crippen LogP contribution in [0.15, 0.2) is 35.0 Å². The lowest BCUT2D eigenvalue weighted by Crippen LogP contribution is -2.38. The maximum Gasteiger partial charge on any atom is 0.196 e. The van der Waals surface area contributed by atoms with Gasteiger partial charge in [0, 0.05) is 24.4 Å². The number of nitrogens with zero attached hydrogens (tertiary/aromatic N) is 6. The minimum Gasteiger partial charge on any atom is -0.450 e. The Labute approximate surface area is 150 Å². The first-order valence-corrected chi connectivity index (χ1v) is 8.97. The molecule has 7 nitrogen and oxygen atoms in total. The van der Waals surface area contributed by atoms with Crippen LogP contribution in [0.4, 0.5) is 5.82 Å². The Morgan fingerprint density at radius 1 is 1.12 bits per heavy atom. The van der Waals surface area contributed by atoms with Crippen LogP contribution in [0.2, 0.25) is 0 Å². The quantitative estimate of drug-likeness (QED) is 0.550. The maximum absolute atomic E-state index is 6.11. The molecule has 26 heavy (non-hydrogen) atoms. The molecule has 0 spiro atoms. The third-order valence-electron chi connectivity index (χ3n) is 5.14. The fourth-order valence-corrected chi connectivity index (χ4v) is 3.84. The number of fused-ring (bicyclic) bond motifs is 4. The van der Waals surface area contributed by atoms with E-state index in [1.54, 1.807) is 6.33 Å². The summed E-state index contributed by atoms with van der Waals surface area (Å²) in [5.74, 6) is 3.20. The van der Waals surface area contributed by atoms with Gasteiger partial charge in [-0.05, 0) is 19.1 Å². The Bertz CT molecular complexity index is 1110. The van der Waals surface area contributed by atoms with Crippen LogP contribution in [0.3, 0.4) is 0 Å². The molecule has 0 fully saturated rings. The smallest absolute Gasteiger partial charge is 0.196 e. The fraction of sp³-hybridized carbons (Fsp3) is 0.368. The Balaban J connectivity index is 1.64. The number of aromatic nitrogens is 5. The van der Waals surface area contributed by atoms with Gasteiger partial charge in [-0.1, -0.05) is 26.0 Å². The van der Waals surface area contributed by atoms with Crippen molar-refractivity contribution in [2.24, 2.45) is 0 Å². The van der Waals surface area contributed by atoms with Gasteiger partial charge in [0.25, 0.3) is 0 Å². The number of para-hydroxylation sites is 1. The summed E-state index contributed by atoms with van der Waals surface area (Å²) >= 11 is 0. The molecule has 132 valence electrons. The van der Waals surface area contributed by atoms with Crippen LogP contribution >= 0.6 is 0 Å². The van der Waals surface area contributed by atoms with Gasteiger partial charge < -0.3 is 13.9 Å². The molecular weight excluding hydrogens is 328 g/mol. The van der Waals surface area contributed by atoms with Gasteiger partial charge in [-0.2, -0.15) is 0 Å². The largest absolute Gasteiger partial charge is 0.450 e. The van der Waals surface area contributed by atoms with Gasteiger partial charge in [-0.3, -0.25) is 0 Å². The molecule has 5 rings (SSSR count). The fourth-order valence-electron chi connectivity index (χ4n) is 3.84. The minimum absolute atomic E-state index is 0.0649. The molecule has 1 aromatic carbocycles. The molecule has 0 amide bonds. The van der Waals surface area contributed by atoms with Crippen LogP contribution in [0, 0.1) is 0 Å². The van der Waals surface area contributed by atoms with E-state index >= 15 is 0 Å². The molecule has 4 aromatic rings. The molecule has 0 aliphatic carbocycles. The van der Waals surface area contributed by atoms with Crippen molar-refractivity contribution in [1.82, 2.24) is 24.7 Å². The van der Waals surface area contributed by atoms with E-state index in [0.29, 0.717) is 5.92 Å². The van der Waals surface area contributed by atoms with Crippen molar-refractivity contribution in [3.8, 4) is 0 Å². The molecule has 3 aromatic heterocycles. The molecule has 0 saturated carbocycles. The standard InChI is InChI=1S/C19H20N6O/c1-11(2)17-22-23-18-12(3)24(8-9-25(17)18)19-16-15(20-10-21-19)13-6-4-5-7-14(13)26-16/h4-7,10-12H,8-9H2,1-3H3/t12-/m0/s1. The molecule has 0 saturated heterocycles. The van der Waals surface area contributed by atoms with E-state index in [2.05, 4.69) is 50.4 Å². The predicted octanol–water partition coefficient (Wildman–Crippen LogP) is 3.67. The highest BCUT2D eigenvalue weighted by molar-refractivity contribution is 6.05. The molecule has 0 radical (unpaired) electrons. The monoisotopic (exact) mass is 348 g/mol. The van der Waals surface area contributed by atoms with Crippen molar-refractivity contribution >= 4 is 27.9 Å². The molecule has 1 aliphatic heterocycles. The summed E-state index contributed by atoms with van der Waals surface area (Å²) in [6.45, 7) is 8.11. The third-order valence-corrected chi connectivity index (χ3v) is 5.14. The van der Waals surface area contributed by atoms with E-state index in [0.717, 1.165) is 52.6 Å². The number of benzene rings is 1. The molecule has 1 atom stereocenters. The normalized spacial score (nSPS) is 17.4. The van der Waals surface area contributed by atoms with Crippen LogP contribution in [0.5, 0.6) is 0 Å². The summed E-state index contributed by atoms with van der Waals surface area (Å²) in [6, 6.07) is 8.03. The summed E-state index contributed by atoms with van der Waals surface area (Å²) in [5.41, 5.74) is 2.42. The van der Waals surface area contributed by atoms with Crippen LogP contribution in [0.25, 0.3) is 22.1 Å². The van der Waals surface area contributed by atoms with Gasteiger partial charge >= 0.3 is 0 Å². The second-order valence-corrected chi connectivity index (χ2v) is 7.07. The Hall–Kier alpha value is -2.96. The number of rotatable bonds is 2. The predicted molar refractivity (Wildman–Crippen MR) is 99.2 cm³/mol. The Kier molecular flexibility index (Phi) is 3.25. The van der Waals surface area contributed by atoms with Crippen LogP contribution in [0.1, 0.15) is 44.4 Å². The highest BCUT2D eigenvalue weighted by Crippen LogP contribution is 2.36. The van der Waals surface area contributed by atoms with Gasteiger partial charge in [0.15, 0.2) is 17.2 Å². The average Bonchev–Trinajstić information content (AvgIpc) is 3.24. The number of furan rings is 1. The van der Waals surface area contributed by atoms with Gasteiger partial charge in [0.05, 0.1) is 6.04 Å². The van der Waals surface area contributed by atoms with E-state index in [-0.39, 0.29) is 6.04 Å². The number of hydrogen-bond acceptors (Lipinski definition) is 6. The SMILES string of the molecule is CC(C)c1nnc2n1CCN(c1ncnc3c1oc1ccccc13)[C@H]2C. The topological polar surface area (TPSA) is 72.9 Å². The van der Waals surface area contributed by atoms with E-state index in [9.17, 15) is 0 Å². The van der Waals surface area contributed by atoms with Gasteiger partial charge in [-0.25, -0.2) is 9.97 Å². The summed E-state index contributed by atoms with van der Waals surface area (Å²) in [4.78, 5) is 11.2. The maximum atomic E-state index is 6.11. The Morgan fingerprint density at radius 3 is 2.81 bits per heavy atom. The van der Waals surface area contributed by atoms with Crippen LogP contribution in [-0.4, -0.2) is 31.3 Å². The molecule has 1 aliphatic rings. The summed E-state index contributed by atoms with van der Waals surface area (Å²) in [6.07, 6.45) is 1.62. The van der Waals surface area contributed by atoms with E-state index in [4.69, 9.17) is 4.42 Å². The number of anilines is 1. The summed E-state index contributed by atoms with van der Waals surface area (Å²) in [7, 11) is 0. The molecule has 0 N–H and O–H groups in total.